The molecule has 0 saturated heterocycles. The number of aromatic nitrogens is 1. The summed E-state index contributed by atoms with van der Waals surface area (Å²) in [4.78, 5) is 45.2. The molecule has 6 rings (SSSR count). The number of thiophene rings is 1. The number of fused-ring (bicyclic) bond motifs is 3. The molecule has 9 nitrogen and oxygen atoms in total. The molecule has 1 fully saturated rings. The minimum absolute atomic E-state index is 0.0748. The molecule has 0 unspecified atom stereocenters. The average Bonchev–Trinajstić information content (AvgIpc) is 3.43. The fraction of sp³-hybridized carbons (Fsp3) is 0.294. The van der Waals surface area contributed by atoms with Gasteiger partial charge in [-0.05, 0) is 84.7 Å². The Morgan fingerprint density at radius 2 is 1.82 bits per heavy atom. The lowest BCUT2D eigenvalue weighted by atomic mass is 9.73. The van der Waals surface area contributed by atoms with Gasteiger partial charge in [0.15, 0.2) is 5.69 Å². The Kier molecular flexibility index (Phi) is 8.20. The number of esters is 1. The number of rotatable bonds is 8. The highest BCUT2D eigenvalue weighted by Gasteiger charge is 2.34. The Hall–Kier alpha value is -4.54. The van der Waals surface area contributed by atoms with Crippen molar-refractivity contribution in [2.24, 2.45) is 5.73 Å². The number of benzene rings is 2. The number of anilines is 1. The van der Waals surface area contributed by atoms with Crippen molar-refractivity contribution in [1.82, 2.24) is 10.3 Å². The molecule has 226 valence electrons. The van der Waals surface area contributed by atoms with Gasteiger partial charge in [0.05, 0.1) is 13.7 Å². The number of carbonyl (C=O) groups excluding carboxylic acids is 3. The second-order valence-electron chi connectivity index (χ2n) is 11.1. The average molecular weight is 611 g/mol. The summed E-state index contributed by atoms with van der Waals surface area (Å²) in [5, 5.41) is 7.83. The molecule has 0 atom stereocenters. The second kappa shape index (κ2) is 12.2. The van der Waals surface area contributed by atoms with E-state index in [2.05, 4.69) is 21.7 Å². The van der Waals surface area contributed by atoms with Crippen LogP contribution in [0.25, 0.3) is 21.6 Å². The zero-order valence-electron chi connectivity index (χ0n) is 24.7. The number of nitrogens with zero attached hydrogens (tertiary/aromatic N) is 1. The first-order chi connectivity index (χ1) is 21.3. The molecule has 4 aromatic rings. The van der Waals surface area contributed by atoms with E-state index in [-0.39, 0.29) is 22.8 Å². The van der Waals surface area contributed by atoms with Crippen LogP contribution in [0, 0.1) is 0 Å². The first kappa shape index (κ1) is 29.5. The summed E-state index contributed by atoms with van der Waals surface area (Å²) in [6.45, 7) is 2.88. The molecular weight excluding hydrogens is 576 g/mol. The van der Waals surface area contributed by atoms with Gasteiger partial charge in [-0.25, -0.2) is 9.78 Å². The molecule has 0 spiro atoms. The Labute approximate surface area is 259 Å². The van der Waals surface area contributed by atoms with Crippen LogP contribution in [0.15, 0.2) is 60.0 Å². The van der Waals surface area contributed by atoms with Gasteiger partial charge in [-0.2, -0.15) is 0 Å². The normalized spacial score (nSPS) is 14.6. The molecule has 44 heavy (non-hydrogen) atoms. The standard InChI is InChI=1S/C34H34N4O5S/c1-3-15-36-32(40)27-10-9-23(29(38-27)33(41)42-2)24-19-28-26(30-20(11-16-43-28)12-17-44-30)18-25(24)31(39)37-22-7-5-21(6-8-22)34(35)13-4-14-34/h5-10,12,17-19H,3-4,11,13-16,35H2,1-2H3,(H,36,40)(H,37,39). The topological polar surface area (TPSA) is 133 Å². The third kappa shape index (κ3) is 5.58. The number of nitrogens with two attached hydrogens (primary N) is 1. The van der Waals surface area contributed by atoms with E-state index < -0.39 is 11.9 Å². The van der Waals surface area contributed by atoms with E-state index in [0.717, 1.165) is 53.7 Å². The van der Waals surface area contributed by atoms with Gasteiger partial charge in [-0.3, -0.25) is 9.59 Å². The fourth-order valence-corrected chi connectivity index (χ4v) is 6.62. The van der Waals surface area contributed by atoms with Crippen LogP contribution < -0.4 is 21.1 Å². The van der Waals surface area contributed by atoms with Gasteiger partial charge >= 0.3 is 5.97 Å². The number of methoxy groups -OCH3 is 1. The Balaban J connectivity index is 1.45. The maximum Gasteiger partial charge on any atom is 0.357 e. The molecule has 2 aromatic heterocycles. The summed E-state index contributed by atoms with van der Waals surface area (Å²) >= 11 is 1.59. The summed E-state index contributed by atoms with van der Waals surface area (Å²) in [6.07, 6.45) is 4.48. The molecular formula is C34H34N4O5S. The maximum absolute atomic E-state index is 14.0. The summed E-state index contributed by atoms with van der Waals surface area (Å²) in [5.41, 5.74) is 10.9. The Bertz CT molecular complexity index is 1740. The lowest BCUT2D eigenvalue weighted by Crippen LogP contribution is -2.43. The third-order valence-electron chi connectivity index (χ3n) is 8.28. The number of hydrogen-bond donors (Lipinski definition) is 3. The third-order valence-corrected chi connectivity index (χ3v) is 9.27. The molecule has 2 amide bonds. The quantitative estimate of drug-likeness (QED) is 0.211. The van der Waals surface area contributed by atoms with Crippen LogP contribution in [0.1, 0.15) is 75.1 Å². The molecule has 0 bridgehead atoms. The summed E-state index contributed by atoms with van der Waals surface area (Å²) in [6, 6.07) is 16.4. The van der Waals surface area contributed by atoms with Gasteiger partial charge in [0.2, 0.25) is 0 Å². The highest BCUT2D eigenvalue weighted by atomic mass is 32.1. The highest BCUT2D eigenvalue weighted by Crippen LogP contribution is 2.43. The van der Waals surface area contributed by atoms with Crippen LogP contribution in [-0.4, -0.2) is 43.0 Å². The van der Waals surface area contributed by atoms with E-state index in [0.29, 0.717) is 41.3 Å². The van der Waals surface area contributed by atoms with Gasteiger partial charge in [0.1, 0.15) is 11.4 Å². The number of amides is 2. The zero-order valence-corrected chi connectivity index (χ0v) is 25.5. The van der Waals surface area contributed by atoms with Crippen molar-refractivity contribution < 1.29 is 23.9 Å². The van der Waals surface area contributed by atoms with Crippen LogP contribution in [0.2, 0.25) is 0 Å². The van der Waals surface area contributed by atoms with E-state index in [1.807, 2.05) is 36.6 Å². The Morgan fingerprint density at radius 1 is 1.02 bits per heavy atom. The van der Waals surface area contributed by atoms with Crippen molar-refractivity contribution in [2.75, 3.05) is 25.6 Å². The molecule has 2 aromatic carbocycles. The van der Waals surface area contributed by atoms with Gasteiger partial charge in [0, 0.05) is 51.3 Å². The summed E-state index contributed by atoms with van der Waals surface area (Å²) < 4.78 is 11.2. The number of nitrogens with one attached hydrogen (secondary N) is 2. The van der Waals surface area contributed by atoms with Gasteiger partial charge < -0.3 is 25.8 Å². The van der Waals surface area contributed by atoms with Gasteiger partial charge in [-0.15, -0.1) is 11.3 Å². The molecule has 1 aliphatic heterocycles. The van der Waals surface area contributed by atoms with Crippen LogP contribution in [0.5, 0.6) is 5.75 Å². The minimum atomic E-state index is -0.727. The molecule has 4 N–H and O–H groups in total. The van der Waals surface area contributed by atoms with Crippen LogP contribution >= 0.6 is 11.3 Å². The monoisotopic (exact) mass is 610 g/mol. The maximum atomic E-state index is 14.0. The zero-order chi connectivity index (χ0) is 30.8. The second-order valence-corrected chi connectivity index (χ2v) is 12.1. The van der Waals surface area contributed by atoms with Gasteiger partial charge in [0.25, 0.3) is 11.8 Å². The molecule has 1 aliphatic carbocycles. The van der Waals surface area contributed by atoms with Crippen molar-refractivity contribution in [3.05, 3.63) is 88.1 Å². The largest absolute Gasteiger partial charge is 0.493 e. The van der Waals surface area contributed by atoms with E-state index in [1.54, 1.807) is 35.6 Å². The minimum Gasteiger partial charge on any atom is -0.493 e. The highest BCUT2D eigenvalue weighted by molar-refractivity contribution is 7.13. The number of pyridine rings is 1. The van der Waals surface area contributed by atoms with E-state index >= 15 is 0 Å². The lowest BCUT2D eigenvalue weighted by Gasteiger charge is -2.38. The predicted octanol–water partition coefficient (Wildman–Crippen LogP) is 5.93. The Morgan fingerprint density at radius 3 is 2.52 bits per heavy atom. The van der Waals surface area contributed by atoms with E-state index in [1.165, 1.54) is 7.11 Å². The number of carbonyl (C=O) groups is 3. The summed E-state index contributed by atoms with van der Waals surface area (Å²) in [7, 11) is 1.25. The fourth-order valence-electron chi connectivity index (χ4n) is 5.64. The molecule has 0 radical (unpaired) electrons. The van der Waals surface area contributed by atoms with E-state index in [9.17, 15) is 14.4 Å². The first-order valence-electron chi connectivity index (χ1n) is 14.8. The van der Waals surface area contributed by atoms with Crippen LogP contribution in [0.3, 0.4) is 0 Å². The van der Waals surface area contributed by atoms with Crippen molar-refractivity contribution in [3.63, 3.8) is 0 Å². The molecule has 2 aliphatic rings. The SMILES string of the molecule is CCCNC(=O)c1ccc(-c2cc3c(cc2C(=O)Nc2ccc(C4(N)CCC4)cc2)-c2sccc2CCO3)c(C(=O)OC)n1. The first-order valence-corrected chi connectivity index (χ1v) is 15.7. The van der Waals surface area contributed by atoms with Crippen molar-refractivity contribution in [2.45, 2.75) is 44.6 Å². The number of hydrogen-bond acceptors (Lipinski definition) is 8. The van der Waals surface area contributed by atoms with Crippen molar-refractivity contribution in [1.29, 1.82) is 0 Å². The number of ether oxygens (including phenoxy) is 2. The van der Waals surface area contributed by atoms with Crippen LogP contribution in [-0.2, 0) is 16.7 Å². The molecule has 3 heterocycles. The van der Waals surface area contributed by atoms with Crippen LogP contribution in [0.4, 0.5) is 5.69 Å². The molecule has 10 heteroatoms. The lowest BCUT2D eigenvalue weighted by molar-refractivity contribution is 0.0594. The van der Waals surface area contributed by atoms with Crippen molar-refractivity contribution in [3.8, 4) is 27.3 Å². The van der Waals surface area contributed by atoms with E-state index in [4.69, 9.17) is 15.2 Å². The van der Waals surface area contributed by atoms with Gasteiger partial charge in [-0.1, -0.05) is 19.1 Å². The predicted molar refractivity (Wildman–Crippen MR) is 170 cm³/mol. The van der Waals surface area contributed by atoms with Crippen molar-refractivity contribution >= 4 is 34.8 Å². The molecule has 1 saturated carbocycles. The summed E-state index contributed by atoms with van der Waals surface area (Å²) in [5.74, 6) is -0.905. The smallest absolute Gasteiger partial charge is 0.357 e.